The lowest BCUT2D eigenvalue weighted by Gasteiger charge is -2.12. The second-order valence-electron chi connectivity index (χ2n) is 6.14. The van der Waals surface area contributed by atoms with Gasteiger partial charge in [0.25, 0.3) is 0 Å². The van der Waals surface area contributed by atoms with Crippen LogP contribution < -0.4 is 5.32 Å². The van der Waals surface area contributed by atoms with Crippen LogP contribution in [-0.4, -0.2) is 25.9 Å². The summed E-state index contributed by atoms with van der Waals surface area (Å²) >= 11 is 1.32. The zero-order valence-electron chi connectivity index (χ0n) is 15.3. The van der Waals surface area contributed by atoms with Gasteiger partial charge in [-0.15, -0.1) is 10.2 Å². The predicted octanol–water partition coefficient (Wildman–Crippen LogP) is 3.78. The Labute approximate surface area is 162 Å². The molecule has 0 radical (unpaired) electrons. The summed E-state index contributed by atoms with van der Waals surface area (Å²) in [6.45, 7) is 3.84. The molecule has 0 aliphatic carbocycles. The van der Waals surface area contributed by atoms with Gasteiger partial charge < -0.3 is 9.88 Å². The molecular formula is C20H19N5OS. The number of amides is 1. The number of para-hydroxylation sites is 1. The smallest absolute Gasteiger partial charge is 0.237 e. The number of thioether (sulfide) groups is 1. The van der Waals surface area contributed by atoms with Crippen LogP contribution in [0.1, 0.15) is 18.1 Å². The Morgan fingerprint density at radius 3 is 2.59 bits per heavy atom. The molecule has 0 aliphatic rings. The van der Waals surface area contributed by atoms with Gasteiger partial charge in [0.2, 0.25) is 5.91 Å². The number of nitriles is 1. The highest BCUT2D eigenvalue weighted by Crippen LogP contribution is 2.26. The van der Waals surface area contributed by atoms with Gasteiger partial charge >= 0.3 is 0 Å². The van der Waals surface area contributed by atoms with Crippen LogP contribution in [0.3, 0.4) is 0 Å². The molecule has 136 valence electrons. The molecule has 0 saturated carbocycles. The van der Waals surface area contributed by atoms with E-state index in [1.54, 1.807) is 31.2 Å². The number of nitrogens with one attached hydrogen (secondary N) is 1. The van der Waals surface area contributed by atoms with Crippen LogP contribution in [0, 0.1) is 18.3 Å². The van der Waals surface area contributed by atoms with Gasteiger partial charge in [0.05, 0.1) is 16.5 Å². The third kappa shape index (κ3) is 4.18. The molecule has 2 aromatic carbocycles. The SMILES string of the molecule is Cc1ccc(-c2nnc(SC(C)C(=O)Nc3ccccc3C#N)n2C)cc1. The molecule has 1 N–H and O–H groups in total. The molecule has 6 nitrogen and oxygen atoms in total. The lowest BCUT2D eigenvalue weighted by Crippen LogP contribution is -2.23. The van der Waals surface area contributed by atoms with Crippen LogP contribution in [0.4, 0.5) is 5.69 Å². The van der Waals surface area contributed by atoms with Gasteiger partial charge in [-0.25, -0.2) is 0 Å². The quantitative estimate of drug-likeness (QED) is 0.684. The van der Waals surface area contributed by atoms with E-state index in [1.807, 2.05) is 42.8 Å². The van der Waals surface area contributed by atoms with E-state index in [0.29, 0.717) is 16.4 Å². The monoisotopic (exact) mass is 377 g/mol. The predicted molar refractivity (Wildman–Crippen MR) is 106 cm³/mol. The van der Waals surface area contributed by atoms with E-state index >= 15 is 0 Å². The molecule has 7 heteroatoms. The Hall–Kier alpha value is -3.11. The first-order valence-electron chi connectivity index (χ1n) is 8.42. The third-order valence-corrected chi connectivity index (χ3v) is 5.24. The van der Waals surface area contributed by atoms with Crippen molar-refractivity contribution >= 4 is 23.4 Å². The maximum atomic E-state index is 12.5. The van der Waals surface area contributed by atoms with Crippen LogP contribution in [0.25, 0.3) is 11.4 Å². The fourth-order valence-electron chi connectivity index (χ4n) is 2.51. The fourth-order valence-corrected chi connectivity index (χ4v) is 3.32. The van der Waals surface area contributed by atoms with Crippen LogP contribution in [-0.2, 0) is 11.8 Å². The number of aromatic nitrogens is 3. The maximum Gasteiger partial charge on any atom is 0.237 e. The van der Waals surface area contributed by atoms with Gasteiger partial charge in [-0.05, 0) is 26.0 Å². The Balaban J connectivity index is 1.72. The summed E-state index contributed by atoms with van der Waals surface area (Å²) in [5.74, 6) is 0.558. The molecule has 27 heavy (non-hydrogen) atoms. The van der Waals surface area contributed by atoms with Gasteiger partial charge in [0.1, 0.15) is 6.07 Å². The summed E-state index contributed by atoms with van der Waals surface area (Å²) in [6.07, 6.45) is 0. The van der Waals surface area contributed by atoms with Crippen molar-refractivity contribution < 1.29 is 4.79 Å². The second kappa shape index (κ2) is 8.06. The van der Waals surface area contributed by atoms with Crippen molar-refractivity contribution in [1.82, 2.24) is 14.8 Å². The number of carbonyl (C=O) groups excluding carboxylic acids is 1. The molecule has 1 unspecified atom stereocenters. The Kier molecular flexibility index (Phi) is 5.57. The van der Waals surface area contributed by atoms with E-state index < -0.39 is 5.25 Å². The largest absolute Gasteiger partial charge is 0.324 e. The molecule has 3 rings (SSSR count). The number of aryl methyl sites for hydroxylation is 1. The van der Waals surface area contributed by atoms with Crippen molar-refractivity contribution in [3.8, 4) is 17.5 Å². The number of nitrogens with zero attached hydrogens (tertiary/aromatic N) is 4. The number of rotatable bonds is 5. The topological polar surface area (TPSA) is 83.6 Å². The van der Waals surface area contributed by atoms with Crippen molar-refractivity contribution in [1.29, 1.82) is 5.26 Å². The van der Waals surface area contributed by atoms with Crippen LogP contribution in [0.2, 0.25) is 0 Å². The van der Waals surface area contributed by atoms with Crippen molar-refractivity contribution in [2.24, 2.45) is 7.05 Å². The average Bonchev–Trinajstić information content (AvgIpc) is 3.03. The molecule has 3 aromatic rings. The van der Waals surface area contributed by atoms with E-state index in [9.17, 15) is 4.79 Å². The summed E-state index contributed by atoms with van der Waals surface area (Å²) in [4.78, 5) is 12.5. The average molecular weight is 377 g/mol. The van der Waals surface area contributed by atoms with Gasteiger partial charge in [0, 0.05) is 12.6 Å². The Morgan fingerprint density at radius 2 is 1.89 bits per heavy atom. The van der Waals surface area contributed by atoms with Crippen molar-refractivity contribution in [2.75, 3.05) is 5.32 Å². The highest BCUT2D eigenvalue weighted by molar-refractivity contribution is 8.00. The molecule has 1 aromatic heterocycles. The van der Waals surface area contributed by atoms with E-state index in [0.717, 1.165) is 11.4 Å². The minimum Gasteiger partial charge on any atom is -0.324 e. The minimum absolute atomic E-state index is 0.192. The van der Waals surface area contributed by atoms with E-state index in [2.05, 4.69) is 21.6 Å². The number of anilines is 1. The van der Waals surface area contributed by atoms with Crippen molar-refractivity contribution in [3.05, 3.63) is 59.7 Å². The van der Waals surface area contributed by atoms with E-state index in [-0.39, 0.29) is 5.91 Å². The molecule has 0 bridgehead atoms. The van der Waals surface area contributed by atoms with Crippen LogP contribution in [0.5, 0.6) is 0 Å². The Bertz CT molecular complexity index is 1000. The molecule has 0 saturated heterocycles. The summed E-state index contributed by atoms with van der Waals surface area (Å²) in [5.41, 5.74) is 3.10. The molecule has 0 fully saturated rings. The summed E-state index contributed by atoms with van der Waals surface area (Å²) in [6, 6.07) is 17.1. The number of hydrogen-bond acceptors (Lipinski definition) is 5. The third-order valence-electron chi connectivity index (χ3n) is 4.10. The second-order valence-corrected chi connectivity index (χ2v) is 7.45. The highest BCUT2D eigenvalue weighted by atomic mass is 32.2. The molecular weight excluding hydrogens is 358 g/mol. The maximum absolute atomic E-state index is 12.5. The number of carbonyl (C=O) groups is 1. The molecule has 1 amide bonds. The van der Waals surface area contributed by atoms with Gasteiger partial charge in [-0.3, -0.25) is 4.79 Å². The zero-order valence-corrected chi connectivity index (χ0v) is 16.1. The normalized spacial score (nSPS) is 11.6. The molecule has 1 heterocycles. The molecule has 1 atom stereocenters. The zero-order chi connectivity index (χ0) is 19.4. The summed E-state index contributed by atoms with van der Waals surface area (Å²) < 4.78 is 1.88. The summed E-state index contributed by atoms with van der Waals surface area (Å²) in [5, 5.41) is 20.7. The van der Waals surface area contributed by atoms with Crippen molar-refractivity contribution in [3.63, 3.8) is 0 Å². The van der Waals surface area contributed by atoms with Crippen LogP contribution in [0.15, 0.2) is 53.7 Å². The van der Waals surface area contributed by atoms with Crippen molar-refractivity contribution in [2.45, 2.75) is 24.3 Å². The van der Waals surface area contributed by atoms with Gasteiger partial charge in [-0.2, -0.15) is 5.26 Å². The van der Waals surface area contributed by atoms with Crippen LogP contribution >= 0.6 is 11.8 Å². The first kappa shape index (κ1) is 18.7. The lowest BCUT2D eigenvalue weighted by atomic mass is 10.1. The van der Waals surface area contributed by atoms with E-state index in [1.165, 1.54) is 17.3 Å². The van der Waals surface area contributed by atoms with Gasteiger partial charge in [-0.1, -0.05) is 53.7 Å². The summed E-state index contributed by atoms with van der Waals surface area (Å²) in [7, 11) is 1.88. The first-order chi connectivity index (χ1) is 13.0. The number of hydrogen-bond donors (Lipinski definition) is 1. The molecule has 0 spiro atoms. The highest BCUT2D eigenvalue weighted by Gasteiger charge is 2.20. The van der Waals surface area contributed by atoms with E-state index in [4.69, 9.17) is 5.26 Å². The standard InChI is InChI=1S/C20H19N5OS/c1-13-8-10-15(11-9-13)18-23-24-20(25(18)3)27-14(2)19(26)22-17-7-5-4-6-16(17)12-21/h4-11,14H,1-3H3,(H,22,26). The van der Waals surface area contributed by atoms with Gasteiger partial charge in [0.15, 0.2) is 11.0 Å². The lowest BCUT2D eigenvalue weighted by molar-refractivity contribution is -0.115. The first-order valence-corrected chi connectivity index (χ1v) is 9.30. The fraction of sp³-hybridized carbons (Fsp3) is 0.200. The molecule has 0 aliphatic heterocycles. The number of benzene rings is 2. The Morgan fingerprint density at radius 1 is 1.19 bits per heavy atom. The minimum atomic E-state index is -0.398.